The van der Waals surface area contributed by atoms with Crippen molar-refractivity contribution in [3.63, 3.8) is 0 Å². The van der Waals surface area contributed by atoms with Gasteiger partial charge in [-0.25, -0.2) is 9.59 Å². The van der Waals surface area contributed by atoms with Crippen molar-refractivity contribution in [2.24, 2.45) is 5.16 Å². The third kappa shape index (κ3) is 9.94. The zero-order valence-electron chi connectivity index (χ0n) is 29.1. The van der Waals surface area contributed by atoms with Crippen molar-refractivity contribution in [1.29, 1.82) is 0 Å². The summed E-state index contributed by atoms with van der Waals surface area (Å²) in [6.07, 6.45) is -3.28. The van der Waals surface area contributed by atoms with E-state index in [-0.39, 0.29) is 92.5 Å². The number of benzene rings is 3. The minimum atomic E-state index is -5.08. The first kappa shape index (κ1) is 42.6. The molecule has 5 rings (SSSR count). The van der Waals surface area contributed by atoms with Crippen LogP contribution in [0.5, 0.6) is 40.2 Å². The Kier molecular flexibility index (Phi) is 15.1. The molecule has 0 radical (unpaired) electrons. The maximum absolute atomic E-state index is 14.2. The largest absolute Gasteiger partial charge is 0.493 e. The number of fused-ring (bicyclic) bond motifs is 2. The summed E-state index contributed by atoms with van der Waals surface area (Å²) in [6.45, 7) is 1.44. The number of aliphatic hydroxyl groups excluding tert-OH is 1. The van der Waals surface area contributed by atoms with Gasteiger partial charge < -0.3 is 58.3 Å². The molecule has 1 amide bonds. The summed E-state index contributed by atoms with van der Waals surface area (Å²) in [4.78, 5) is 41.9. The number of carbonyl (C=O) groups excluding carboxylic acids is 2. The van der Waals surface area contributed by atoms with E-state index in [1.807, 2.05) is 30.3 Å². The molecule has 55 heavy (non-hydrogen) atoms. The van der Waals surface area contributed by atoms with Crippen molar-refractivity contribution >= 4 is 55.9 Å². The fourth-order valence-corrected chi connectivity index (χ4v) is 6.38. The number of nitrogens with zero attached hydrogens (tertiary/aromatic N) is 1. The van der Waals surface area contributed by atoms with Crippen LogP contribution >= 0.6 is 31.9 Å². The van der Waals surface area contributed by atoms with Gasteiger partial charge in [0.25, 0.3) is 5.91 Å². The molecule has 0 fully saturated rings. The Balaban J connectivity index is 0.000000876. The monoisotopic (exact) mass is 908 g/mol. The number of ether oxygens (including phenoxy) is 8. The molecule has 21 heteroatoms. The van der Waals surface area contributed by atoms with Crippen LogP contribution in [-0.4, -0.2) is 101 Å². The lowest BCUT2D eigenvalue weighted by molar-refractivity contribution is -0.192. The number of methoxy groups -OCH3 is 2. The van der Waals surface area contributed by atoms with Crippen molar-refractivity contribution in [2.45, 2.75) is 25.6 Å². The quantitative estimate of drug-likeness (QED) is 0.0724. The molecule has 3 aromatic rings. The predicted octanol–water partition coefficient (Wildman–Crippen LogP) is 5.73. The lowest BCUT2D eigenvalue weighted by atomic mass is 9.91. The highest BCUT2D eigenvalue weighted by atomic mass is 79.9. The van der Waals surface area contributed by atoms with Gasteiger partial charge in [0.15, 0.2) is 23.0 Å². The number of carboxylic acids is 1. The predicted molar refractivity (Wildman–Crippen MR) is 192 cm³/mol. The number of rotatable bonds is 15. The van der Waals surface area contributed by atoms with Crippen LogP contribution < -0.4 is 38.5 Å². The Bertz CT molecular complexity index is 1900. The van der Waals surface area contributed by atoms with Crippen molar-refractivity contribution < 1.29 is 80.5 Å². The van der Waals surface area contributed by atoms with Gasteiger partial charge in [-0.15, -0.1) is 0 Å². The van der Waals surface area contributed by atoms with E-state index in [0.717, 1.165) is 5.75 Å². The number of para-hydroxylation sites is 1. The third-order valence-electron chi connectivity index (χ3n) is 7.26. The average molecular weight is 910 g/mol. The molecule has 1 unspecified atom stereocenters. The minimum Gasteiger partial charge on any atom is -0.493 e. The second kappa shape index (κ2) is 19.4. The first-order chi connectivity index (χ1) is 26.3. The van der Waals surface area contributed by atoms with Gasteiger partial charge in [-0.05, 0) is 50.9 Å². The van der Waals surface area contributed by atoms with E-state index in [4.69, 9.17) is 52.6 Å². The molecule has 1 atom stereocenters. The molecular weight excluding hydrogens is 877 g/mol. The molecule has 3 aromatic carbocycles. The van der Waals surface area contributed by atoms with Gasteiger partial charge in [-0.1, -0.05) is 23.4 Å². The highest BCUT2D eigenvalue weighted by Gasteiger charge is 2.41. The maximum Gasteiger partial charge on any atom is 0.490 e. The Morgan fingerprint density at radius 3 is 1.95 bits per heavy atom. The molecule has 2 heterocycles. The van der Waals surface area contributed by atoms with Crippen molar-refractivity contribution in [1.82, 2.24) is 5.32 Å². The molecule has 0 bridgehead atoms. The van der Waals surface area contributed by atoms with E-state index < -0.39 is 36.7 Å². The SMILES string of the molecule is CCOC(=O)c1c(Br)c(OC)c2c(c1-c1c3c(c(OC)c(Br)c1C(=O)NC(/C=N/OCCCOc1ccccc1)CO)OCO3)OCO2.O=C(O)C(F)(F)F. The molecule has 2 aliphatic rings. The number of carbonyl (C=O) groups is 3. The lowest BCUT2D eigenvalue weighted by Gasteiger charge is -2.22. The molecule has 3 N–H and O–H groups in total. The van der Waals surface area contributed by atoms with Crippen LogP contribution in [0.25, 0.3) is 11.1 Å². The topological polar surface area (TPSA) is 199 Å². The van der Waals surface area contributed by atoms with E-state index in [2.05, 4.69) is 42.3 Å². The van der Waals surface area contributed by atoms with Crippen molar-refractivity contribution in [2.75, 3.05) is 54.2 Å². The van der Waals surface area contributed by atoms with E-state index in [9.17, 15) is 27.9 Å². The zero-order valence-corrected chi connectivity index (χ0v) is 32.3. The van der Waals surface area contributed by atoms with E-state index >= 15 is 0 Å². The fourth-order valence-electron chi connectivity index (χ4n) is 4.96. The Labute approximate surface area is 327 Å². The molecule has 2 aliphatic heterocycles. The highest BCUT2D eigenvalue weighted by molar-refractivity contribution is 9.11. The number of oxime groups is 1. The van der Waals surface area contributed by atoms with Crippen LogP contribution in [0.1, 0.15) is 34.1 Å². The van der Waals surface area contributed by atoms with E-state index in [1.165, 1.54) is 20.4 Å². The van der Waals surface area contributed by atoms with Crippen LogP contribution in [-0.2, 0) is 14.4 Å². The van der Waals surface area contributed by atoms with Gasteiger partial charge in [0.1, 0.15) is 12.4 Å². The van der Waals surface area contributed by atoms with Gasteiger partial charge in [0, 0.05) is 17.5 Å². The van der Waals surface area contributed by atoms with Crippen molar-refractivity contribution in [3.05, 3.63) is 50.4 Å². The summed E-state index contributed by atoms with van der Waals surface area (Å²) in [5, 5.41) is 23.9. The average Bonchev–Trinajstić information content (AvgIpc) is 3.84. The lowest BCUT2D eigenvalue weighted by Crippen LogP contribution is -2.39. The Hall–Kier alpha value is -5.15. The molecule has 16 nitrogen and oxygen atoms in total. The zero-order chi connectivity index (χ0) is 40.3. The number of halogens is 5. The van der Waals surface area contributed by atoms with Gasteiger partial charge in [-0.2, -0.15) is 13.2 Å². The standard InChI is InChI=1S/C32H32Br2N2O12.C2HF3O2/c1-4-42-32(39)22-20(26-30(47-16-45-26)28(41-3)24(22)34)19-21(23(33)27(40-2)29-25(19)44-15-46-29)31(38)36-17(14-37)13-35-48-12-8-11-43-18-9-6-5-7-10-18;3-2(4,5)1(6)7/h5-7,9-10,13,17,37H,4,8,11-12,14-16H2,1-3H3,(H,36,38);(H,6,7)/b35-13+;. The third-order valence-corrected chi connectivity index (χ3v) is 8.77. The number of aliphatic carboxylic acids is 1. The summed E-state index contributed by atoms with van der Waals surface area (Å²) in [6, 6.07) is 8.39. The van der Waals surface area contributed by atoms with Crippen LogP contribution in [0.4, 0.5) is 13.2 Å². The summed E-state index contributed by atoms with van der Waals surface area (Å²) < 4.78 is 77.5. The number of amides is 1. The Morgan fingerprint density at radius 1 is 0.909 bits per heavy atom. The van der Waals surface area contributed by atoms with Gasteiger partial charge in [0.2, 0.25) is 25.1 Å². The number of hydrogen-bond acceptors (Lipinski definition) is 14. The summed E-state index contributed by atoms with van der Waals surface area (Å²) in [5.74, 6) is -2.56. The second-order valence-corrected chi connectivity index (χ2v) is 12.3. The smallest absolute Gasteiger partial charge is 0.490 e. The second-order valence-electron chi connectivity index (χ2n) is 10.7. The molecule has 298 valence electrons. The molecular formula is C34H33Br2F3N2O14. The molecule has 0 saturated carbocycles. The maximum atomic E-state index is 14.2. The minimum absolute atomic E-state index is 0.0216. The van der Waals surface area contributed by atoms with Crippen LogP contribution in [0.3, 0.4) is 0 Å². The number of alkyl halides is 3. The Morgan fingerprint density at radius 2 is 1.44 bits per heavy atom. The first-order valence-electron chi connectivity index (χ1n) is 15.9. The molecule has 0 spiro atoms. The van der Waals surface area contributed by atoms with E-state index in [0.29, 0.717) is 13.0 Å². The molecule has 0 saturated heterocycles. The first-order valence-corrected chi connectivity index (χ1v) is 17.5. The number of esters is 1. The molecule has 0 aliphatic carbocycles. The summed E-state index contributed by atoms with van der Waals surface area (Å²) in [5.41, 5.74) is 0.150. The van der Waals surface area contributed by atoms with Gasteiger partial charge in [-0.3, -0.25) is 4.79 Å². The van der Waals surface area contributed by atoms with Gasteiger partial charge >= 0.3 is 18.1 Å². The molecule has 0 aromatic heterocycles. The van der Waals surface area contributed by atoms with E-state index in [1.54, 1.807) is 6.92 Å². The number of nitrogens with one attached hydrogen (secondary N) is 1. The van der Waals surface area contributed by atoms with Gasteiger partial charge in [0.05, 0.1) is 66.4 Å². The fraction of sp³-hybridized carbons (Fsp3) is 0.353. The van der Waals surface area contributed by atoms with Crippen LogP contribution in [0, 0.1) is 0 Å². The summed E-state index contributed by atoms with van der Waals surface area (Å²) in [7, 11) is 2.81. The van der Waals surface area contributed by atoms with Crippen molar-refractivity contribution in [3.8, 4) is 51.4 Å². The van der Waals surface area contributed by atoms with Crippen LogP contribution in [0.15, 0.2) is 44.4 Å². The number of carboxylic acid groups (broad SMARTS) is 1. The summed E-state index contributed by atoms with van der Waals surface area (Å²) >= 11 is 6.98. The number of aliphatic hydroxyl groups is 1. The van der Waals surface area contributed by atoms with Crippen LogP contribution in [0.2, 0.25) is 0 Å². The normalized spacial score (nSPS) is 13.0. The highest BCUT2D eigenvalue weighted by Crippen LogP contribution is 2.60. The number of hydrogen-bond donors (Lipinski definition) is 3.